The molecule has 0 amide bonds. The lowest BCUT2D eigenvalue weighted by atomic mass is 10.0. The topological polar surface area (TPSA) is 35.9 Å². The summed E-state index contributed by atoms with van der Waals surface area (Å²) in [5, 5.41) is 10.1. The number of likely N-dealkylation sites (N-methyl/N-ethyl adjacent to an activating group) is 1. The fourth-order valence-electron chi connectivity index (χ4n) is 2.90. The van der Waals surface area contributed by atoms with E-state index in [4.69, 9.17) is 4.74 Å². The van der Waals surface area contributed by atoms with Gasteiger partial charge in [-0.3, -0.25) is 0 Å². The van der Waals surface area contributed by atoms with Gasteiger partial charge in [0.25, 0.3) is 0 Å². The van der Waals surface area contributed by atoms with Crippen molar-refractivity contribution in [3.05, 3.63) is 0 Å². The third kappa shape index (κ3) is 3.65. The standard InChI is InChI=1S/C13H26N2O2/c1-14-7-5-11(6-8-14)15(2)10-12(16)13-4-3-9-17-13/h11-13,16H,3-10H2,1-2H3. The molecule has 2 atom stereocenters. The first-order chi connectivity index (χ1) is 8.16. The summed E-state index contributed by atoms with van der Waals surface area (Å²) in [4.78, 5) is 4.69. The van der Waals surface area contributed by atoms with Gasteiger partial charge in [-0.2, -0.15) is 0 Å². The van der Waals surface area contributed by atoms with E-state index in [2.05, 4.69) is 23.9 Å². The Labute approximate surface area is 105 Å². The molecular weight excluding hydrogens is 216 g/mol. The summed E-state index contributed by atoms with van der Waals surface area (Å²) in [7, 11) is 4.31. The van der Waals surface area contributed by atoms with Crippen LogP contribution in [0, 0.1) is 0 Å². The fraction of sp³-hybridized carbons (Fsp3) is 1.00. The van der Waals surface area contributed by atoms with Gasteiger partial charge in [0.2, 0.25) is 0 Å². The number of nitrogens with zero attached hydrogens (tertiary/aromatic N) is 2. The van der Waals surface area contributed by atoms with E-state index in [0.29, 0.717) is 6.04 Å². The highest BCUT2D eigenvalue weighted by molar-refractivity contribution is 4.81. The summed E-state index contributed by atoms with van der Waals surface area (Å²) in [5.74, 6) is 0. The van der Waals surface area contributed by atoms with Gasteiger partial charge < -0.3 is 19.6 Å². The maximum Gasteiger partial charge on any atom is 0.0928 e. The maximum absolute atomic E-state index is 10.1. The summed E-state index contributed by atoms with van der Waals surface area (Å²) in [6.07, 6.45) is 4.30. The van der Waals surface area contributed by atoms with Crippen molar-refractivity contribution in [2.75, 3.05) is 40.3 Å². The molecule has 0 radical (unpaired) electrons. The van der Waals surface area contributed by atoms with Crippen molar-refractivity contribution >= 4 is 0 Å². The molecule has 4 heteroatoms. The lowest BCUT2D eigenvalue weighted by Gasteiger charge is -2.36. The van der Waals surface area contributed by atoms with Crippen LogP contribution in [0.5, 0.6) is 0 Å². The number of likely N-dealkylation sites (tertiary alicyclic amines) is 1. The predicted molar refractivity (Wildman–Crippen MR) is 68.1 cm³/mol. The Morgan fingerprint density at radius 2 is 2.06 bits per heavy atom. The van der Waals surface area contributed by atoms with E-state index < -0.39 is 0 Å². The zero-order valence-electron chi connectivity index (χ0n) is 11.1. The monoisotopic (exact) mass is 242 g/mol. The SMILES string of the molecule is CN1CCC(N(C)CC(O)C2CCCO2)CC1. The van der Waals surface area contributed by atoms with Crippen molar-refractivity contribution in [3.8, 4) is 0 Å². The van der Waals surface area contributed by atoms with Gasteiger partial charge in [-0.15, -0.1) is 0 Å². The van der Waals surface area contributed by atoms with Crippen molar-refractivity contribution in [2.45, 2.75) is 43.9 Å². The van der Waals surface area contributed by atoms with E-state index in [0.717, 1.165) is 26.0 Å². The second kappa shape index (κ2) is 6.14. The summed E-state index contributed by atoms with van der Waals surface area (Å²) in [6.45, 7) is 3.91. The van der Waals surface area contributed by atoms with E-state index in [1.807, 2.05) is 0 Å². The summed E-state index contributed by atoms with van der Waals surface area (Å²) < 4.78 is 5.54. The Bertz CT molecular complexity index is 223. The van der Waals surface area contributed by atoms with Crippen molar-refractivity contribution in [1.82, 2.24) is 9.80 Å². The van der Waals surface area contributed by atoms with Gasteiger partial charge in [-0.25, -0.2) is 0 Å². The predicted octanol–water partition coefficient (Wildman–Crippen LogP) is 0.552. The first-order valence-corrected chi connectivity index (χ1v) is 6.85. The van der Waals surface area contributed by atoms with Crippen LogP contribution in [-0.2, 0) is 4.74 Å². The molecule has 100 valence electrons. The van der Waals surface area contributed by atoms with Gasteiger partial charge in [-0.1, -0.05) is 0 Å². The molecule has 2 aliphatic rings. The Morgan fingerprint density at radius 1 is 1.35 bits per heavy atom. The first kappa shape index (κ1) is 13.3. The van der Waals surface area contributed by atoms with Crippen LogP contribution in [-0.4, -0.2) is 73.5 Å². The highest BCUT2D eigenvalue weighted by Gasteiger charge is 2.28. The van der Waals surface area contributed by atoms with Gasteiger partial charge in [0.05, 0.1) is 12.2 Å². The minimum Gasteiger partial charge on any atom is -0.389 e. The van der Waals surface area contributed by atoms with Crippen LogP contribution >= 0.6 is 0 Å². The summed E-state index contributed by atoms with van der Waals surface area (Å²) in [5.41, 5.74) is 0. The number of rotatable bonds is 4. The van der Waals surface area contributed by atoms with E-state index in [-0.39, 0.29) is 12.2 Å². The van der Waals surface area contributed by atoms with Gasteiger partial charge in [0.1, 0.15) is 0 Å². The number of hydrogen-bond donors (Lipinski definition) is 1. The molecule has 1 N–H and O–H groups in total. The molecule has 2 aliphatic heterocycles. The first-order valence-electron chi connectivity index (χ1n) is 6.85. The molecule has 0 spiro atoms. The molecule has 2 heterocycles. The highest BCUT2D eigenvalue weighted by Crippen LogP contribution is 2.19. The molecule has 0 aromatic rings. The quantitative estimate of drug-likeness (QED) is 0.781. The minimum atomic E-state index is -0.317. The van der Waals surface area contributed by atoms with Gasteiger partial charge in [-0.05, 0) is 52.9 Å². The fourth-order valence-corrected chi connectivity index (χ4v) is 2.90. The molecule has 0 aromatic heterocycles. The Kier molecular flexibility index (Phi) is 4.79. The largest absolute Gasteiger partial charge is 0.389 e. The van der Waals surface area contributed by atoms with Crippen molar-refractivity contribution in [3.63, 3.8) is 0 Å². The van der Waals surface area contributed by atoms with Crippen molar-refractivity contribution in [2.24, 2.45) is 0 Å². The normalized spacial score (nSPS) is 30.0. The minimum absolute atomic E-state index is 0.0729. The zero-order valence-corrected chi connectivity index (χ0v) is 11.1. The Hall–Kier alpha value is -0.160. The average Bonchev–Trinajstić information content (AvgIpc) is 2.83. The second-order valence-electron chi connectivity index (χ2n) is 5.59. The Morgan fingerprint density at radius 3 is 2.65 bits per heavy atom. The third-order valence-corrected chi connectivity index (χ3v) is 4.18. The van der Waals surface area contributed by atoms with Crippen LogP contribution in [0.25, 0.3) is 0 Å². The number of piperidine rings is 1. The molecule has 4 nitrogen and oxygen atoms in total. The second-order valence-corrected chi connectivity index (χ2v) is 5.59. The smallest absolute Gasteiger partial charge is 0.0928 e. The molecule has 0 aliphatic carbocycles. The molecule has 2 unspecified atom stereocenters. The van der Waals surface area contributed by atoms with Crippen LogP contribution in [0.4, 0.5) is 0 Å². The van der Waals surface area contributed by atoms with E-state index >= 15 is 0 Å². The maximum atomic E-state index is 10.1. The summed E-state index contributed by atoms with van der Waals surface area (Å²) >= 11 is 0. The summed E-state index contributed by atoms with van der Waals surface area (Å²) in [6, 6.07) is 0.627. The molecular formula is C13H26N2O2. The van der Waals surface area contributed by atoms with Crippen LogP contribution in [0.15, 0.2) is 0 Å². The third-order valence-electron chi connectivity index (χ3n) is 4.18. The van der Waals surface area contributed by atoms with Crippen LogP contribution in [0.1, 0.15) is 25.7 Å². The van der Waals surface area contributed by atoms with Crippen LogP contribution in [0.2, 0.25) is 0 Å². The highest BCUT2D eigenvalue weighted by atomic mass is 16.5. The van der Waals surface area contributed by atoms with Crippen LogP contribution in [0.3, 0.4) is 0 Å². The van der Waals surface area contributed by atoms with Gasteiger partial charge in [0.15, 0.2) is 0 Å². The number of aliphatic hydroxyl groups is 1. The molecule has 0 bridgehead atoms. The molecule has 2 rings (SSSR count). The lowest BCUT2D eigenvalue weighted by molar-refractivity contribution is -0.0238. The van der Waals surface area contributed by atoms with Crippen molar-refractivity contribution < 1.29 is 9.84 Å². The molecule has 0 saturated carbocycles. The average molecular weight is 242 g/mol. The molecule has 2 saturated heterocycles. The molecule has 0 aromatic carbocycles. The number of hydrogen-bond acceptors (Lipinski definition) is 4. The molecule has 2 fully saturated rings. The van der Waals surface area contributed by atoms with E-state index in [1.54, 1.807) is 0 Å². The van der Waals surface area contributed by atoms with Gasteiger partial charge in [0, 0.05) is 19.2 Å². The van der Waals surface area contributed by atoms with Crippen molar-refractivity contribution in [1.29, 1.82) is 0 Å². The number of aliphatic hydroxyl groups excluding tert-OH is 1. The Balaban J connectivity index is 1.73. The molecule has 17 heavy (non-hydrogen) atoms. The lowest BCUT2D eigenvalue weighted by Crippen LogP contribution is -2.46. The van der Waals surface area contributed by atoms with E-state index in [1.165, 1.54) is 25.9 Å². The van der Waals surface area contributed by atoms with Gasteiger partial charge >= 0.3 is 0 Å². The van der Waals surface area contributed by atoms with Crippen LogP contribution < -0.4 is 0 Å². The zero-order chi connectivity index (χ0) is 12.3. The van der Waals surface area contributed by atoms with E-state index in [9.17, 15) is 5.11 Å². The number of ether oxygens (including phenoxy) is 1.